The molecule has 0 saturated heterocycles. The van der Waals surface area contributed by atoms with E-state index < -0.39 is 0 Å². The molecule has 8 nitrogen and oxygen atoms in total. The monoisotopic (exact) mass is 511 g/mol. The molecule has 38 heavy (non-hydrogen) atoms. The maximum absolute atomic E-state index is 10.5. The van der Waals surface area contributed by atoms with Crippen molar-refractivity contribution in [1.29, 1.82) is 0 Å². The van der Waals surface area contributed by atoms with Gasteiger partial charge in [0.1, 0.15) is 36.3 Å². The van der Waals surface area contributed by atoms with Crippen molar-refractivity contribution < 1.29 is 14.8 Å². The number of aromatic amines is 1. The maximum Gasteiger partial charge on any atom is 0.251 e. The number of phenols is 2. The molecule has 2 aromatic carbocycles. The molecule has 1 saturated carbocycles. The van der Waals surface area contributed by atoms with Crippen molar-refractivity contribution in [2.75, 3.05) is 0 Å². The van der Waals surface area contributed by atoms with Crippen LogP contribution in [0.5, 0.6) is 11.5 Å². The van der Waals surface area contributed by atoms with Gasteiger partial charge in [-0.2, -0.15) is 0 Å². The van der Waals surface area contributed by atoms with Crippen LogP contribution in [0.4, 0.5) is 0 Å². The van der Waals surface area contributed by atoms with Crippen LogP contribution in [0.25, 0.3) is 0 Å². The molecule has 0 aliphatic heterocycles. The van der Waals surface area contributed by atoms with Crippen LogP contribution in [0.15, 0.2) is 71.2 Å². The molecule has 2 heterocycles. The lowest BCUT2D eigenvalue weighted by molar-refractivity contribution is -0.693. The first-order chi connectivity index (χ1) is 18.5. The number of aromatic hydroxyl groups is 2. The average Bonchev–Trinajstić information content (AvgIpc) is 3.52. The molecule has 196 valence electrons. The average molecular weight is 512 g/mol. The number of imidazole rings is 2. The van der Waals surface area contributed by atoms with Crippen LogP contribution in [0.3, 0.4) is 0 Å². The second-order valence-electron chi connectivity index (χ2n) is 10.0. The molecule has 1 aliphatic carbocycles. The Kier molecular flexibility index (Phi) is 7.67. The lowest BCUT2D eigenvalue weighted by Crippen LogP contribution is -2.34. The Morgan fingerprint density at radius 3 is 2.18 bits per heavy atom. The number of rotatable bonds is 8. The molecular weight excluding hydrogens is 476 g/mol. The number of benzene rings is 2. The molecule has 2 atom stereocenters. The molecular formula is C30H35N6O2+. The van der Waals surface area contributed by atoms with Gasteiger partial charge in [-0.25, -0.2) is 14.5 Å². The lowest BCUT2D eigenvalue weighted by atomic mass is 9.91. The van der Waals surface area contributed by atoms with Gasteiger partial charge < -0.3 is 14.8 Å². The maximum atomic E-state index is 10.5. The van der Waals surface area contributed by atoms with Crippen LogP contribution < -0.4 is 4.57 Å². The van der Waals surface area contributed by atoms with Gasteiger partial charge in [-0.1, -0.05) is 25.0 Å². The number of nitrogens with one attached hydrogen (secondary N) is 1. The third kappa shape index (κ3) is 6.02. The van der Waals surface area contributed by atoms with Gasteiger partial charge in [-0.05, 0) is 55.2 Å². The van der Waals surface area contributed by atoms with E-state index in [1.165, 1.54) is 0 Å². The number of H-pyrrole nitrogens is 1. The molecule has 0 bridgehead atoms. The molecule has 0 unspecified atom stereocenters. The van der Waals surface area contributed by atoms with E-state index in [0.29, 0.717) is 17.7 Å². The number of hydrogen-bond donors (Lipinski definition) is 3. The molecule has 0 radical (unpaired) electrons. The van der Waals surface area contributed by atoms with Gasteiger partial charge in [0.2, 0.25) is 0 Å². The summed E-state index contributed by atoms with van der Waals surface area (Å²) in [4.78, 5) is 17.2. The van der Waals surface area contributed by atoms with Crippen LogP contribution in [0.1, 0.15) is 59.6 Å². The SMILES string of the molecule is Cc1nccn1Cc1ccc(O)c(C=N[C@@H]2CCCC[C@H]2N=Cc2cc(C[n+]3cc[nH]c3C)ccc2O)c1. The third-order valence-electron chi connectivity index (χ3n) is 7.30. The van der Waals surface area contributed by atoms with Crippen molar-refractivity contribution in [3.63, 3.8) is 0 Å². The van der Waals surface area contributed by atoms with Gasteiger partial charge >= 0.3 is 0 Å². The minimum Gasteiger partial charge on any atom is -0.507 e. The van der Waals surface area contributed by atoms with Crippen molar-refractivity contribution in [3.8, 4) is 11.5 Å². The third-order valence-corrected chi connectivity index (χ3v) is 7.30. The Hall–Kier alpha value is -4.20. The zero-order chi connectivity index (χ0) is 26.5. The van der Waals surface area contributed by atoms with Crippen molar-refractivity contribution in [1.82, 2.24) is 14.5 Å². The van der Waals surface area contributed by atoms with Gasteiger partial charge in [0.15, 0.2) is 0 Å². The summed E-state index contributed by atoms with van der Waals surface area (Å²) in [7, 11) is 0. The Morgan fingerprint density at radius 1 is 0.974 bits per heavy atom. The number of aliphatic imine (C=N–C) groups is 2. The molecule has 4 aromatic rings. The topological polar surface area (TPSA) is 103 Å². The van der Waals surface area contributed by atoms with Crippen molar-refractivity contribution in [2.24, 2.45) is 9.98 Å². The second-order valence-corrected chi connectivity index (χ2v) is 10.0. The highest BCUT2D eigenvalue weighted by atomic mass is 16.3. The second kappa shape index (κ2) is 11.5. The van der Waals surface area contributed by atoms with E-state index >= 15 is 0 Å². The van der Waals surface area contributed by atoms with Crippen LogP contribution in [0, 0.1) is 13.8 Å². The summed E-state index contributed by atoms with van der Waals surface area (Å²) in [6, 6.07) is 11.4. The Labute approximate surface area is 223 Å². The number of aryl methyl sites for hydroxylation is 2. The van der Waals surface area contributed by atoms with Gasteiger partial charge in [0, 0.05) is 49.4 Å². The fourth-order valence-electron chi connectivity index (χ4n) is 4.98. The molecule has 3 N–H and O–H groups in total. The fraction of sp³-hybridized carbons (Fsp3) is 0.333. The summed E-state index contributed by atoms with van der Waals surface area (Å²) >= 11 is 0. The molecule has 0 amide bonds. The van der Waals surface area contributed by atoms with Crippen molar-refractivity contribution >= 4 is 12.4 Å². The predicted octanol–water partition coefficient (Wildman–Crippen LogP) is 4.47. The molecule has 1 aliphatic rings. The zero-order valence-corrected chi connectivity index (χ0v) is 22.0. The number of aromatic nitrogens is 4. The summed E-state index contributed by atoms with van der Waals surface area (Å²) in [5.74, 6) is 2.46. The van der Waals surface area contributed by atoms with Crippen LogP contribution in [-0.2, 0) is 13.1 Å². The van der Waals surface area contributed by atoms with Crippen molar-refractivity contribution in [2.45, 2.75) is 64.7 Å². The Morgan fingerprint density at radius 2 is 1.61 bits per heavy atom. The summed E-state index contributed by atoms with van der Waals surface area (Å²) in [6.45, 7) is 5.41. The van der Waals surface area contributed by atoms with E-state index in [9.17, 15) is 10.2 Å². The Bertz CT molecular complexity index is 1340. The highest BCUT2D eigenvalue weighted by Crippen LogP contribution is 2.26. The molecule has 8 heteroatoms. The van der Waals surface area contributed by atoms with Gasteiger partial charge in [0.05, 0.1) is 12.1 Å². The number of nitrogens with zero attached hydrogens (tertiary/aromatic N) is 5. The summed E-state index contributed by atoms with van der Waals surface area (Å²) in [5, 5.41) is 20.9. The van der Waals surface area contributed by atoms with Crippen molar-refractivity contribution in [3.05, 3.63) is 95.1 Å². The van der Waals surface area contributed by atoms with Crippen LogP contribution in [-0.4, -0.2) is 49.3 Å². The minimum absolute atomic E-state index is 0.0299. The van der Waals surface area contributed by atoms with Crippen LogP contribution >= 0.6 is 0 Å². The van der Waals surface area contributed by atoms with E-state index in [1.807, 2.05) is 56.7 Å². The van der Waals surface area contributed by atoms with Gasteiger partial charge in [-0.3, -0.25) is 9.98 Å². The highest BCUT2D eigenvalue weighted by Gasteiger charge is 2.23. The Balaban J connectivity index is 1.30. The molecule has 2 aromatic heterocycles. The summed E-state index contributed by atoms with van der Waals surface area (Å²) in [5.41, 5.74) is 3.59. The van der Waals surface area contributed by atoms with E-state index in [0.717, 1.165) is 55.0 Å². The molecule has 5 rings (SSSR count). The lowest BCUT2D eigenvalue weighted by Gasteiger charge is -2.25. The normalized spacial score (nSPS) is 18.1. The predicted molar refractivity (Wildman–Crippen MR) is 148 cm³/mol. The standard InChI is InChI=1S/C30H34N6O2/c1-21-31-11-13-35(21)19-23-7-9-29(37)25(15-23)17-33-27-5-3-4-6-28(27)34-18-26-16-24(8-10-30(26)38)20-36-14-12-32-22(36)2/h7-18,27-28H,3-6,19-20H2,1-2H3,(H2,33,34,37,38)/p+1/t27-,28-/m1/s1. The van der Waals surface area contributed by atoms with E-state index in [2.05, 4.69) is 19.1 Å². The highest BCUT2D eigenvalue weighted by molar-refractivity contribution is 5.84. The first-order valence-corrected chi connectivity index (χ1v) is 13.2. The summed E-state index contributed by atoms with van der Waals surface area (Å²) in [6.07, 6.45) is 15.3. The number of phenolic OH excluding ortho intramolecular Hbond substituents is 2. The van der Waals surface area contributed by atoms with E-state index in [4.69, 9.17) is 9.98 Å². The minimum atomic E-state index is 0.0299. The first kappa shape index (κ1) is 25.4. The van der Waals surface area contributed by atoms with Crippen LogP contribution in [0.2, 0.25) is 0 Å². The molecule has 0 spiro atoms. The zero-order valence-electron chi connectivity index (χ0n) is 22.0. The van der Waals surface area contributed by atoms with E-state index in [-0.39, 0.29) is 23.6 Å². The van der Waals surface area contributed by atoms with Gasteiger partial charge in [0.25, 0.3) is 5.82 Å². The first-order valence-electron chi connectivity index (χ1n) is 13.2. The largest absolute Gasteiger partial charge is 0.507 e. The smallest absolute Gasteiger partial charge is 0.251 e. The molecule has 1 fully saturated rings. The fourth-order valence-corrected chi connectivity index (χ4v) is 4.98. The quantitative estimate of drug-likeness (QED) is 0.240. The number of hydrogen-bond acceptors (Lipinski definition) is 5. The van der Waals surface area contributed by atoms with Gasteiger partial charge in [-0.15, -0.1) is 0 Å². The van der Waals surface area contributed by atoms with E-state index in [1.54, 1.807) is 30.8 Å². The summed E-state index contributed by atoms with van der Waals surface area (Å²) < 4.78 is 4.20.